The third kappa shape index (κ3) is 5.19. The van der Waals surface area contributed by atoms with Crippen molar-refractivity contribution in [2.45, 2.75) is 32.1 Å². The molecule has 6 rings (SSSR count). The van der Waals surface area contributed by atoms with Crippen LogP contribution in [0.2, 0.25) is 0 Å². The molecule has 2 heterocycles. The molecule has 0 unspecified atom stereocenters. The van der Waals surface area contributed by atoms with Gasteiger partial charge in [0.05, 0.1) is 34.9 Å². The van der Waals surface area contributed by atoms with Gasteiger partial charge in [0.2, 0.25) is 0 Å². The first-order chi connectivity index (χ1) is 21.9. The molecule has 0 saturated carbocycles. The molecule has 0 aliphatic carbocycles. The van der Waals surface area contributed by atoms with Crippen LogP contribution in [0.5, 0.6) is 0 Å². The standard InChI is InChI=1S/C33H24F3N7O3/c1-32(2)30(45)42(24-16-13-21(18-37)25(17-24)33(34,35)36)31(46)41(32)19-22-7-3-4-8-26(22)38-23-14-11-20(12-15-23)29(44)43-28-10-6-5-9-27(28)39-40-43/h3-17,38H,19H2,1-2H3. The summed E-state index contributed by atoms with van der Waals surface area (Å²) in [6.45, 7) is 2.99. The number of amides is 3. The van der Waals surface area contributed by atoms with Crippen LogP contribution >= 0.6 is 0 Å². The van der Waals surface area contributed by atoms with Gasteiger partial charge in [-0.2, -0.15) is 23.1 Å². The number of anilines is 3. The number of benzene rings is 4. The molecule has 1 aliphatic heterocycles. The van der Waals surface area contributed by atoms with E-state index in [2.05, 4.69) is 15.6 Å². The molecule has 5 aromatic rings. The van der Waals surface area contributed by atoms with Crippen LogP contribution in [0, 0.1) is 11.3 Å². The van der Waals surface area contributed by atoms with E-state index < -0.39 is 34.8 Å². The quantitative estimate of drug-likeness (QED) is 0.214. The van der Waals surface area contributed by atoms with Gasteiger partial charge in [0, 0.05) is 16.9 Å². The van der Waals surface area contributed by atoms with E-state index in [9.17, 15) is 27.6 Å². The maximum atomic E-state index is 13.6. The third-order valence-corrected chi connectivity index (χ3v) is 7.81. The molecule has 1 aliphatic rings. The van der Waals surface area contributed by atoms with E-state index in [4.69, 9.17) is 5.26 Å². The summed E-state index contributed by atoms with van der Waals surface area (Å²) >= 11 is 0. The van der Waals surface area contributed by atoms with E-state index >= 15 is 0 Å². The average Bonchev–Trinajstić information content (AvgIpc) is 3.54. The number of alkyl halides is 3. The first-order valence-electron chi connectivity index (χ1n) is 14.0. The smallest absolute Gasteiger partial charge is 0.355 e. The number of carbonyl (C=O) groups is 3. The maximum absolute atomic E-state index is 13.6. The van der Waals surface area contributed by atoms with Crippen molar-refractivity contribution >= 4 is 45.9 Å². The largest absolute Gasteiger partial charge is 0.417 e. The summed E-state index contributed by atoms with van der Waals surface area (Å²) in [7, 11) is 0. The van der Waals surface area contributed by atoms with Crippen molar-refractivity contribution in [3.05, 3.63) is 113 Å². The Hall–Kier alpha value is -6.03. The van der Waals surface area contributed by atoms with Crippen molar-refractivity contribution < 1.29 is 27.6 Å². The third-order valence-electron chi connectivity index (χ3n) is 7.81. The van der Waals surface area contributed by atoms with Gasteiger partial charge < -0.3 is 10.2 Å². The van der Waals surface area contributed by atoms with Gasteiger partial charge in [0.1, 0.15) is 11.1 Å². The Morgan fingerprint density at radius 1 is 0.957 bits per heavy atom. The highest BCUT2D eigenvalue weighted by atomic mass is 19.4. The van der Waals surface area contributed by atoms with Gasteiger partial charge in [-0.1, -0.05) is 35.5 Å². The summed E-state index contributed by atoms with van der Waals surface area (Å²) in [5.41, 5.74) is -0.0977. The fourth-order valence-electron chi connectivity index (χ4n) is 5.28. The van der Waals surface area contributed by atoms with E-state index in [0.29, 0.717) is 44.5 Å². The number of hydrogen-bond acceptors (Lipinski definition) is 7. The number of nitrogens with one attached hydrogen (secondary N) is 1. The molecule has 3 amide bonds. The zero-order valence-corrected chi connectivity index (χ0v) is 24.4. The molecular formula is C33H24F3N7O3. The number of nitriles is 1. The zero-order valence-electron chi connectivity index (χ0n) is 24.4. The molecule has 0 atom stereocenters. The molecule has 13 heteroatoms. The van der Waals surface area contributed by atoms with Crippen molar-refractivity contribution in [1.29, 1.82) is 5.26 Å². The molecule has 0 spiro atoms. The maximum Gasteiger partial charge on any atom is 0.417 e. The van der Waals surface area contributed by atoms with Crippen LogP contribution in [0.4, 0.5) is 35.0 Å². The lowest BCUT2D eigenvalue weighted by atomic mass is 10.0. The highest BCUT2D eigenvalue weighted by Gasteiger charge is 2.52. The van der Waals surface area contributed by atoms with Crippen LogP contribution < -0.4 is 10.2 Å². The highest BCUT2D eigenvalue weighted by molar-refractivity contribution is 6.23. The minimum atomic E-state index is -4.86. The molecule has 4 aromatic carbocycles. The Labute approximate surface area is 260 Å². The molecule has 1 fully saturated rings. The van der Waals surface area contributed by atoms with Crippen molar-refractivity contribution in [3.8, 4) is 6.07 Å². The predicted molar refractivity (Wildman–Crippen MR) is 162 cm³/mol. The topological polar surface area (TPSA) is 124 Å². The van der Waals surface area contributed by atoms with E-state index in [0.717, 1.165) is 12.1 Å². The second kappa shape index (κ2) is 11.2. The molecule has 1 aromatic heterocycles. The van der Waals surface area contributed by atoms with Gasteiger partial charge in [-0.25, -0.2) is 9.69 Å². The summed E-state index contributed by atoms with van der Waals surface area (Å²) in [5, 5.41) is 20.4. The van der Waals surface area contributed by atoms with Crippen molar-refractivity contribution in [2.75, 3.05) is 10.2 Å². The molecule has 1 N–H and O–H groups in total. The fraction of sp³-hybridized carbons (Fsp3) is 0.152. The predicted octanol–water partition coefficient (Wildman–Crippen LogP) is 6.50. The molecule has 46 heavy (non-hydrogen) atoms. The number of halogens is 3. The Balaban J connectivity index is 1.24. The van der Waals surface area contributed by atoms with E-state index in [1.165, 1.54) is 29.5 Å². The molecule has 10 nitrogen and oxygen atoms in total. The summed E-state index contributed by atoms with van der Waals surface area (Å²) in [5.74, 6) is -1.06. The summed E-state index contributed by atoms with van der Waals surface area (Å²) in [4.78, 5) is 42.1. The Morgan fingerprint density at radius 2 is 1.65 bits per heavy atom. The molecule has 1 saturated heterocycles. The van der Waals surface area contributed by atoms with Gasteiger partial charge >= 0.3 is 12.2 Å². The van der Waals surface area contributed by atoms with E-state index in [1.807, 2.05) is 0 Å². The minimum Gasteiger partial charge on any atom is -0.355 e. The summed E-state index contributed by atoms with van der Waals surface area (Å²) < 4.78 is 42.1. The number of aromatic nitrogens is 3. The number of para-hydroxylation sites is 2. The van der Waals surface area contributed by atoms with E-state index in [1.54, 1.807) is 72.8 Å². The molecule has 0 radical (unpaired) electrons. The Bertz CT molecular complexity index is 2060. The summed E-state index contributed by atoms with van der Waals surface area (Å²) in [6, 6.07) is 24.3. The Kier molecular flexibility index (Phi) is 7.28. The molecular weight excluding hydrogens is 599 g/mol. The van der Waals surface area contributed by atoms with Crippen molar-refractivity contribution in [1.82, 2.24) is 19.9 Å². The van der Waals surface area contributed by atoms with Gasteiger partial charge in [-0.15, -0.1) is 5.10 Å². The monoisotopic (exact) mass is 623 g/mol. The molecule has 0 bridgehead atoms. The average molecular weight is 624 g/mol. The first-order valence-corrected chi connectivity index (χ1v) is 14.0. The SMILES string of the molecule is CC1(C)C(=O)N(c2ccc(C#N)c(C(F)(F)F)c2)C(=O)N1Cc1ccccc1Nc1ccc(C(=O)n2nnc3ccccc32)cc1. The number of imide groups is 1. The van der Waals surface area contributed by atoms with Gasteiger partial charge in [0.15, 0.2) is 0 Å². The Morgan fingerprint density at radius 3 is 2.37 bits per heavy atom. The fourth-order valence-corrected chi connectivity index (χ4v) is 5.28. The lowest BCUT2D eigenvalue weighted by Crippen LogP contribution is -2.43. The second-order valence-corrected chi connectivity index (χ2v) is 11.1. The van der Waals surface area contributed by atoms with Crippen LogP contribution in [0.3, 0.4) is 0 Å². The number of hydrogen-bond donors (Lipinski definition) is 1. The van der Waals surface area contributed by atoms with E-state index in [-0.39, 0.29) is 18.1 Å². The number of rotatable bonds is 6. The van der Waals surface area contributed by atoms with Crippen molar-refractivity contribution in [3.63, 3.8) is 0 Å². The number of urea groups is 1. The number of fused-ring (bicyclic) bond motifs is 1. The first kappa shape index (κ1) is 30.0. The highest BCUT2D eigenvalue weighted by Crippen LogP contribution is 2.39. The van der Waals surface area contributed by atoms with Crippen LogP contribution in [0.15, 0.2) is 91.0 Å². The van der Waals surface area contributed by atoms with Crippen LogP contribution in [-0.4, -0.2) is 43.3 Å². The zero-order chi connectivity index (χ0) is 32.8. The van der Waals surface area contributed by atoms with Gasteiger partial charge in [-0.3, -0.25) is 9.59 Å². The number of nitrogens with zero attached hydrogens (tertiary/aromatic N) is 6. The van der Waals surface area contributed by atoms with Gasteiger partial charge in [-0.05, 0) is 80.1 Å². The summed E-state index contributed by atoms with van der Waals surface area (Å²) in [6.07, 6.45) is -4.86. The molecule has 230 valence electrons. The lowest BCUT2D eigenvalue weighted by molar-refractivity contribution is -0.137. The number of carbonyl (C=O) groups excluding carboxylic acids is 3. The van der Waals surface area contributed by atoms with Crippen molar-refractivity contribution in [2.24, 2.45) is 0 Å². The van der Waals surface area contributed by atoms with Crippen LogP contribution in [0.1, 0.15) is 40.9 Å². The van der Waals surface area contributed by atoms with Crippen LogP contribution in [-0.2, 0) is 17.5 Å². The van der Waals surface area contributed by atoms with Gasteiger partial charge in [0.25, 0.3) is 11.8 Å². The lowest BCUT2D eigenvalue weighted by Gasteiger charge is -2.28. The minimum absolute atomic E-state index is 0.0460. The second-order valence-electron chi connectivity index (χ2n) is 11.1. The normalized spacial score (nSPS) is 14.5. The van der Waals surface area contributed by atoms with Crippen LogP contribution in [0.25, 0.3) is 11.0 Å².